The van der Waals surface area contributed by atoms with Crippen molar-refractivity contribution in [2.24, 2.45) is 0 Å². The number of benzene rings is 2. The summed E-state index contributed by atoms with van der Waals surface area (Å²) >= 11 is 0. The van der Waals surface area contributed by atoms with Crippen molar-refractivity contribution in [1.82, 2.24) is 30.1 Å². The summed E-state index contributed by atoms with van der Waals surface area (Å²) in [4.78, 5) is 2.46. The molecule has 0 saturated carbocycles. The Morgan fingerprint density at radius 3 is 2.57 bits per heavy atom. The fraction of sp³-hybridized carbons (Fsp3) is 0.304. The number of para-hydroxylation sites is 1. The topological polar surface area (TPSA) is 72.9 Å². The maximum atomic E-state index is 5.58. The van der Waals surface area contributed by atoms with Crippen molar-refractivity contribution in [1.29, 1.82) is 0 Å². The summed E-state index contributed by atoms with van der Waals surface area (Å²) in [5.41, 5.74) is 4.38. The van der Waals surface area contributed by atoms with Crippen molar-refractivity contribution >= 4 is 0 Å². The predicted molar refractivity (Wildman–Crippen MR) is 113 cm³/mol. The van der Waals surface area contributed by atoms with E-state index in [2.05, 4.69) is 43.6 Å². The van der Waals surface area contributed by atoms with Crippen LogP contribution in [0.2, 0.25) is 0 Å². The van der Waals surface area contributed by atoms with E-state index >= 15 is 0 Å². The van der Waals surface area contributed by atoms with Crippen molar-refractivity contribution in [3.8, 4) is 17.1 Å². The van der Waals surface area contributed by atoms with Crippen molar-refractivity contribution in [3.05, 3.63) is 77.9 Å². The zero-order valence-electron chi connectivity index (χ0n) is 17.0. The van der Waals surface area contributed by atoms with E-state index in [0.717, 1.165) is 49.4 Å². The van der Waals surface area contributed by atoms with Crippen LogP contribution in [-0.2, 0) is 6.54 Å². The van der Waals surface area contributed by atoms with E-state index in [9.17, 15) is 0 Å². The lowest BCUT2D eigenvalue weighted by Crippen LogP contribution is -2.32. The van der Waals surface area contributed by atoms with Crippen LogP contribution in [0.15, 0.2) is 65.2 Å². The second-order valence-electron chi connectivity index (χ2n) is 7.79. The molecule has 5 rings (SSSR count). The molecule has 1 aliphatic heterocycles. The van der Waals surface area contributed by atoms with Gasteiger partial charge in [-0.15, -0.1) is 15.3 Å². The summed E-state index contributed by atoms with van der Waals surface area (Å²) in [5, 5.41) is 16.7. The minimum absolute atomic E-state index is 0.546. The number of piperidine rings is 1. The van der Waals surface area contributed by atoms with Crippen molar-refractivity contribution in [2.45, 2.75) is 32.2 Å². The molecule has 0 bridgehead atoms. The summed E-state index contributed by atoms with van der Waals surface area (Å²) in [7, 11) is 0. The van der Waals surface area contributed by atoms with Gasteiger partial charge in [0.15, 0.2) is 0 Å². The lowest BCUT2D eigenvalue weighted by molar-refractivity contribution is 0.202. The first-order chi connectivity index (χ1) is 14.7. The van der Waals surface area contributed by atoms with Crippen LogP contribution >= 0.6 is 0 Å². The maximum absolute atomic E-state index is 5.58. The third kappa shape index (κ3) is 4.02. The Morgan fingerprint density at radius 1 is 0.967 bits per heavy atom. The van der Waals surface area contributed by atoms with Gasteiger partial charge in [0.05, 0.1) is 17.6 Å². The Labute approximate surface area is 175 Å². The van der Waals surface area contributed by atoms with Gasteiger partial charge in [-0.3, -0.25) is 4.90 Å². The Hall–Kier alpha value is -3.32. The van der Waals surface area contributed by atoms with Crippen LogP contribution in [0.5, 0.6) is 0 Å². The number of nitrogens with zero attached hydrogens (tertiary/aromatic N) is 6. The number of hydrogen-bond donors (Lipinski definition) is 0. The molecular weight excluding hydrogens is 376 g/mol. The molecule has 1 fully saturated rings. The van der Waals surface area contributed by atoms with E-state index in [-0.39, 0.29) is 0 Å². The molecule has 7 heteroatoms. The van der Waals surface area contributed by atoms with Gasteiger partial charge in [0.2, 0.25) is 11.8 Å². The Kier molecular flexibility index (Phi) is 5.11. The van der Waals surface area contributed by atoms with Gasteiger partial charge in [-0.25, -0.2) is 4.68 Å². The summed E-state index contributed by atoms with van der Waals surface area (Å²) < 4.78 is 7.42. The van der Waals surface area contributed by atoms with Crippen LogP contribution in [-0.4, -0.2) is 43.2 Å². The largest absolute Gasteiger partial charge is 0.421 e. The van der Waals surface area contributed by atoms with Gasteiger partial charge in [0.25, 0.3) is 0 Å². The van der Waals surface area contributed by atoms with E-state index in [4.69, 9.17) is 4.42 Å². The first-order valence-electron chi connectivity index (χ1n) is 10.3. The first kappa shape index (κ1) is 18.7. The second kappa shape index (κ2) is 8.20. The number of hydrogen-bond acceptors (Lipinski definition) is 6. The molecule has 7 nitrogen and oxygen atoms in total. The summed E-state index contributed by atoms with van der Waals surface area (Å²) in [6.45, 7) is 4.74. The van der Waals surface area contributed by atoms with E-state index in [1.807, 2.05) is 54.2 Å². The average Bonchev–Trinajstić information content (AvgIpc) is 3.44. The van der Waals surface area contributed by atoms with Gasteiger partial charge in [-0.2, -0.15) is 0 Å². The Morgan fingerprint density at radius 2 is 1.80 bits per heavy atom. The molecule has 0 radical (unpaired) electrons. The second-order valence-corrected chi connectivity index (χ2v) is 7.79. The van der Waals surface area contributed by atoms with Crippen LogP contribution in [0.25, 0.3) is 17.1 Å². The minimum Gasteiger partial charge on any atom is -0.421 e. The third-order valence-corrected chi connectivity index (χ3v) is 5.67. The molecule has 30 heavy (non-hydrogen) atoms. The highest BCUT2D eigenvalue weighted by Gasteiger charge is 2.22. The quantitative estimate of drug-likeness (QED) is 0.504. The van der Waals surface area contributed by atoms with Gasteiger partial charge in [0.1, 0.15) is 0 Å². The number of aromatic nitrogens is 5. The average molecular weight is 400 g/mol. The van der Waals surface area contributed by atoms with Crippen molar-refractivity contribution in [2.75, 3.05) is 13.1 Å². The molecule has 1 saturated heterocycles. The highest BCUT2D eigenvalue weighted by Crippen LogP contribution is 2.31. The van der Waals surface area contributed by atoms with Crippen LogP contribution in [0, 0.1) is 6.92 Å². The molecule has 4 aromatic rings. The molecule has 0 spiro atoms. The van der Waals surface area contributed by atoms with Gasteiger partial charge < -0.3 is 4.42 Å². The molecule has 3 heterocycles. The molecule has 0 aliphatic carbocycles. The highest BCUT2D eigenvalue weighted by atomic mass is 16.4. The fourth-order valence-electron chi connectivity index (χ4n) is 4.07. The van der Waals surface area contributed by atoms with Crippen molar-refractivity contribution in [3.63, 3.8) is 0 Å². The Bertz CT molecular complexity index is 1110. The standard InChI is InChI=1S/C23H24N6O/c1-17-24-26-23(30-17)20-7-5-6-19(14-20)18-10-12-28(13-11-18)15-21-16-29(27-25-21)22-8-3-2-4-9-22/h2-9,14,16,18H,10-13,15H2,1H3. The minimum atomic E-state index is 0.546. The van der Waals surface area contributed by atoms with Crippen LogP contribution in [0.4, 0.5) is 0 Å². The van der Waals surface area contributed by atoms with E-state index in [1.54, 1.807) is 0 Å². The number of likely N-dealkylation sites (tertiary alicyclic amines) is 1. The van der Waals surface area contributed by atoms with Gasteiger partial charge in [-0.1, -0.05) is 35.5 Å². The van der Waals surface area contributed by atoms with Gasteiger partial charge in [-0.05, 0) is 61.7 Å². The summed E-state index contributed by atoms with van der Waals surface area (Å²) in [6, 6.07) is 18.6. The smallest absolute Gasteiger partial charge is 0.247 e. The predicted octanol–water partition coefficient (Wildman–Crippen LogP) is 4.01. The van der Waals surface area contributed by atoms with E-state index in [1.165, 1.54) is 5.56 Å². The van der Waals surface area contributed by atoms with Crippen molar-refractivity contribution < 1.29 is 4.42 Å². The molecule has 1 aliphatic rings. The summed E-state index contributed by atoms with van der Waals surface area (Å²) in [5.74, 6) is 1.73. The molecule has 0 atom stereocenters. The van der Waals surface area contributed by atoms with E-state index < -0.39 is 0 Å². The normalized spacial score (nSPS) is 15.5. The monoisotopic (exact) mass is 400 g/mol. The lowest BCUT2D eigenvalue weighted by atomic mass is 9.88. The highest BCUT2D eigenvalue weighted by molar-refractivity contribution is 5.54. The molecule has 0 unspecified atom stereocenters. The van der Waals surface area contributed by atoms with Crippen LogP contribution in [0.1, 0.15) is 35.9 Å². The lowest BCUT2D eigenvalue weighted by Gasteiger charge is -2.31. The number of aryl methyl sites for hydroxylation is 1. The van der Waals surface area contributed by atoms with Crippen LogP contribution < -0.4 is 0 Å². The zero-order chi connectivity index (χ0) is 20.3. The Balaban J connectivity index is 1.20. The van der Waals surface area contributed by atoms with Gasteiger partial charge in [0, 0.05) is 19.0 Å². The molecule has 0 N–H and O–H groups in total. The van der Waals surface area contributed by atoms with Crippen LogP contribution in [0.3, 0.4) is 0 Å². The third-order valence-electron chi connectivity index (χ3n) is 5.67. The molecule has 2 aromatic carbocycles. The first-order valence-corrected chi connectivity index (χ1v) is 10.3. The SMILES string of the molecule is Cc1nnc(-c2cccc(C3CCN(Cc4cn(-c5ccccc5)nn4)CC3)c2)o1. The number of rotatable bonds is 5. The molecule has 152 valence electrons. The van der Waals surface area contributed by atoms with Gasteiger partial charge >= 0.3 is 0 Å². The maximum Gasteiger partial charge on any atom is 0.247 e. The molecule has 0 amide bonds. The summed E-state index contributed by atoms with van der Waals surface area (Å²) in [6.07, 6.45) is 4.27. The zero-order valence-corrected chi connectivity index (χ0v) is 17.0. The molecule has 2 aromatic heterocycles. The fourth-order valence-corrected chi connectivity index (χ4v) is 4.07. The van der Waals surface area contributed by atoms with E-state index in [0.29, 0.717) is 17.7 Å². The molecular formula is C23H24N6O.